The fourth-order valence-electron chi connectivity index (χ4n) is 2.16. The van der Waals surface area contributed by atoms with Gasteiger partial charge in [-0.25, -0.2) is 0 Å². The molecule has 0 spiro atoms. The topological polar surface area (TPSA) is 32.3 Å². The summed E-state index contributed by atoms with van der Waals surface area (Å²) in [7, 11) is 0. The minimum absolute atomic E-state index is 0.125. The maximum atomic E-state index is 9.96. The minimum atomic E-state index is 0.125. The van der Waals surface area contributed by atoms with Gasteiger partial charge in [-0.1, -0.05) is 25.1 Å². The Bertz CT molecular complexity index is 568. The van der Waals surface area contributed by atoms with Crippen molar-refractivity contribution in [2.75, 3.05) is 5.32 Å². The molecule has 0 aliphatic carbocycles. The van der Waals surface area contributed by atoms with E-state index in [1.165, 1.54) is 9.13 Å². The lowest BCUT2D eigenvalue weighted by Crippen LogP contribution is -2.10. The monoisotopic (exact) mass is 367 g/mol. The van der Waals surface area contributed by atoms with Crippen LogP contribution in [0.1, 0.15) is 30.5 Å². The Labute approximate surface area is 128 Å². The van der Waals surface area contributed by atoms with Crippen molar-refractivity contribution in [2.24, 2.45) is 0 Å². The number of hydrogen-bond acceptors (Lipinski definition) is 2. The van der Waals surface area contributed by atoms with Crippen LogP contribution in [0.3, 0.4) is 0 Å². The number of aromatic hydroxyl groups is 1. The number of hydrogen-bond donors (Lipinski definition) is 2. The molecule has 2 N–H and O–H groups in total. The first-order valence-electron chi connectivity index (χ1n) is 6.42. The predicted molar refractivity (Wildman–Crippen MR) is 88.7 cm³/mol. The molecule has 2 aromatic rings. The molecule has 0 amide bonds. The van der Waals surface area contributed by atoms with Crippen molar-refractivity contribution in [2.45, 2.75) is 26.3 Å². The molecule has 2 nitrogen and oxygen atoms in total. The molecule has 19 heavy (non-hydrogen) atoms. The van der Waals surface area contributed by atoms with Crippen LogP contribution in [0.5, 0.6) is 5.75 Å². The fraction of sp³-hybridized carbons (Fsp3) is 0.250. The Morgan fingerprint density at radius 3 is 2.58 bits per heavy atom. The highest BCUT2D eigenvalue weighted by Gasteiger charge is 2.13. The van der Waals surface area contributed by atoms with Gasteiger partial charge in [0.25, 0.3) is 0 Å². The number of halogens is 1. The van der Waals surface area contributed by atoms with E-state index in [1.54, 1.807) is 6.07 Å². The SMILES string of the molecule is CCC(Nc1ccc(I)cc1C)c1ccccc1O. The molecule has 0 aromatic heterocycles. The van der Waals surface area contributed by atoms with E-state index in [-0.39, 0.29) is 6.04 Å². The van der Waals surface area contributed by atoms with E-state index in [1.807, 2.05) is 18.2 Å². The lowest BCUT2D eigenvalue weighted by Gasteiger charge is -2.21. The number of para-hydroxylation sites is 1. The van der Waals surface area contributed by atoms with Crippen LogP contribution in [0.4, 0.5) is 5.69 Å². The van der Waals surface area contributed by atoms with Crippen molar-refractivity contribution in [3.63, 3.8) is 0 Å². The van der Waals surface area contributed by atoms with E-state index in [0.717, 1.165) is 17.7 Å². The van der Waals surface area contributed by atoms with Crippen molar-refractivity contribution in [1.29, 1.82) is 0 Å². The summed E-state index contributed by atoms with van der Waals surface area (Å²) in [5, 5.41) is 13.5. The van der Waals surface area contributed by atoms with Gasteiger partial charge in [0.2, 0.25) is 0 Å². The number of benzene rings is 2. The summed E-state index contributed by atoms with van der Waals surface area (Å²) in [6.07, 6.45) is 0.920. The van der Waals surface area contributed by atoms with E-state index < -0.39 is 0 Å². The predicted octanol–water partition coefficient (Wildman–Crippen LogP) is 4.87. The van der Waals surface area contributed by atoms with Crippen molar-refractivity contribution in [1.82, 2.24) is 0 Å². The number of phenolic OH excluding ortho intramolecular Hbond substituents is 1. The van der Waals surface area contributed by atoms with Gasteiger partial charge in [0.15, 0.2) is 0 Å². The van der Waals surface area contributed by atoms with E-state index in [9.17, 15) is 5.11 Å². The normalized spacial score (nSPS) is 12.2. The zero-order chi connectivity index (χ0) is 13.8. The number of anilines is 1. The molecule has 0 radical (unpaired) electrons. The van der Waals surface area contributed by atoms with E-state index in [4.69, 9.17) is 0 Å². The largest absolute Gasteiger partial charge is 0.508 e. The van der Waals surface area contributed by atoms with Gasteiger partial charge in [-0.15, -0.1) is 0 Å². The zero-order valence-corrected chi connectivity index (χ0v) is 13.3. The van der Waals surface area contributed by atoms with Gasteiger partial charge in [0.1, 0.15) is 5.75 Å². The Kier molecular flexibility index (Phi) is 4.69. The molecule has 1 unspecified atom stereocenters. The Balaban J connectivity index is 2.27. The number of rotatable bonds is 4. The summed E-state index contributed by atoms with van der Waals surface area (Å²) < 4.78 is 1.23. The first-order chi connectivity index (χ1) is 9.11. The maximum absolute atomic E-state index is 9.96. The second-order valence-electron chi connectivity index (χ2n) is 4.62. The van der Waals surface area contributed by atoms with Crippen LogP contribution >= 0.6 is 22.6 Å². The second kappa shape index (κ2) is 6.28. The first kappa shape index (κ1) is 14.2. The molecule has 0 saturated carbocycles. The summed E-state index contributed by atoms with van der Waals surface area (Å²) in [6, 6.07) is 14.0. The van der Waals surface area contributed by atoms with Crippen molar-refractivity contribution < 1.29 is 5.11 Å². The van der Waals surface area contributed by atoms with Gasteiger partial charge >= 0.3 is 0 Å². The lowest BCUT2D eigenvalue weighted by molar-refractivity contribution is 0.462. The van der Waals surface area contributed by atoms with Gasteiger partial charge < -0.3 is 10.4 Å². The Morgan fingerprint density at radius 1 is 1.21 bits per heavy atom. The average Bonchev–Trinajstić information content (AvgIpc) is 2.39. The summed E-state index contributed by atoms with van der Waals surface area (Å²) in [6.45, 7) is 4.22. The van der Waals surface area contributed by atoms with Crippen LogP contribution in [-0.4, -0.2) is 5.11 Å². The average molecular weight is 367 g/mol. The maximum Gasteiger partial charge on any atom is 0.120 e. The summed E-state index contributed by atoms with van der Waals surface area (Å²) in [4.78, 5) is 0. The molecule has 0 aliphatic heterocycles. The van der Waals surface area contributed by atoms with Crippen LogP contribution in [0.15, 0.2) is 42.5 Å². The van der Waals surface area contributed by atoms with Crippen molar-refractivity contribution >= 4 is 28.3 Å². The van der Waals surface area contributed by atoms with Crippen molar-refractivity contribution in [3.05, 3.63) is 57.2 Å². The van der Waals surface area contributed by atoms with Crippen LogP contribution in [0.2, 0.25) is 0 Å². The Morgan fingerprint density at radius 2 is 1.95 bits per heavy atom. The zero-order valence-electron chi connectivity index (χ0n) is 11.2. The lowest BCUT2D eigenvalue weighted by atomic mass is 10.0. The summed E-state index contributed by atoms with van der Waals surface area (Å²) in [5.74, 6) is 0.352. The van der Waals surface area contributed by atoms with E-state index >= 15 is 0 Å². The summed E-state index contributed by atoms with van der Waals surface area (Å²) >= 11 is 2.31. The molecular weight excluding hydrogens is 349 g/mol. The van der Waals surface area contributed by atoms with Gasteiger partial charge in [-0.3, -0.25) is 0 Å². The van der Waals surface area contributed by atoms with Gasteiger partial charge in [-0.2, -0.15) is 0 Å². The molecule has 1 atom stereocenters. The van der Waals surface area contributed by atoms with Gasteiger partial charge in [-0.05, 0) is 65.8 Å². The first-order valence-corrected chi connectivity index (χ1v) is 7.50. The molecule has 2 rings (SSSR count). The number of aryl methyl sites for hydroxylation is 1. The smallest absolute Gasteiger partial charge is 0.120 e. The molecule has 0 bridgehead atoms. The van der Waals surface area contributed by atoms with Crippen LogP contribution in [0.25, 0.3) is 0 Å². The Hall–Kier alpha value is -1.23. The molecule has 0 heterocycles. The van der Waals surface area contributed by atoms with Crippen LogP contribution < -0.4 is 5.32 Å². The third-order valence-corrected chi connectivity index (χ3v) is 3.91. The van der Waals surface area contributed by atoms with Crippen LogP contribution in [0, 0.1) is 10.5 Å². The highest BCUT2D eigenvalue weighted by atomic mass is 127. The number of phenols is 1. The highest BCUT2D eigenvalue weighted by molar-refractivity contribution is 14.1. The van der Waals surface area contributed by atoms with Crippen molar-refractivity contribution in [3.8, 4) is 5.75 Å². The molecule has 0 saturated heterocycles. The second-order valence-corrected chi connectivity index (χ2v) is 5.87. The minimum Gasteiger partial charge on any atom is -0.508 e. The molecular formula is C16H18INO. The molecule has 100 valence electrons. The van der Waals surface area contributed by atoms with Crippen LogP contribution in [-0.2, 0) is 0 Å². The standard InChI is InChI=1S/C16H18INO/c1-3-14(13-6-4-5-7-16(13)19)18-15-9-8-12(17)10-11(15)2/h4-10,14,18-19H,3H2,1-2H3. The van der Waals surface area contributed by atoms with Gasteiger partial charge in [0.05, 0.1) is 6.04 Å². The molecule has 0 fully saturated rings. The number of nitrogens with one attached hydrogen (secondary N) is 1. The third kappa shape index (κ3) is 3.41. The van der Waals surface area contributed by atoms with E-state index in [0.29, 0.717) is 5.75 Å². The quantitative estimate of drug-likeness (QED) is 0.756. The fourth-order valence-corrected chi connectivity index (χ4v) is 2.81. The molecule has 0 aliphatic rings. The third-order valence-electron chi connectivity index (χ3n) is 3.24. The van der Waals surface area contributed by atoms with Gasteiger partial charge in [0, 0.05) is 14.8 Å². The highest BCUT2D eigenvalue weighted by Crippen LogP contribution is 2.30. The molecule has 3 heteroatoms. The van der Waals surface area contributed by atoms with E-state index in [2.05, 4.69) is 60.0 Å². The summed E-state index contributed by atoms with van der Waals surface area (Å²) in [5.41, 5.74) is 3.29. The molecule has 2 aromatic carbocycles.